The van der Waals surface area contributed by atoms with Crippen molar-refractivity contribution in [2.45, 2.75) is 12.8 Å². The van der Waals surface area contributed by atoms with Crippen molar-refractivity contribution in [3.63, 3.8) is 0 Å². The van der Waals surface area contributed by atoms with Crippen molar-refractivity contribution in [1.82, 2.24) is 5.32 Å². The van der Waals surface area contributed by atoms with Gasteiger partial charge in [0.25, 0.3) is 0 Å². The van der Waals surface area contributed by atoms with Crippen molar-refractivity contribution in [2.75, 3.05) is 11.9 Å². The van der Waals surface area contributed by atoms with Crippen molar-refractivity contribution in [2.24, 2.45) is 0 Å². The molecule has 0 bridgehead atoms. The van der Waals surface area contributed by atoms with Gasteiger partial charge in [-0.3, -0.25) is 4.79 Å². The van der Waals surface area contributed by atoms with E-state index in [2.05, 4.69) is 27.8 Å². The fraction of sp³-hybridized carbons (Fsp3) is 0.571. The molecule has 0 saturated carbocycles. The third kappa shape index (κ3) is 5.82. The van der Waals surface area contributed by atoms with Crippen LogP contribution >= 0.6 is 15.9 Å². The van der Waals surface area contributed by atoms with Crippen LogP contribution in [0.15, 0.2) is 12.7 Å². The maximum Gasteiger partial charge on any atom is 0.220 e. The molecular formula is C7H12BrNO. The van der Waals surface area contributed by atoms with Crippen LogP contribution in [0.1, 0.15) is 12.8 Å². The van der Waals surface area contributed by atoms with Crippen molar-refractivity contribution in [3.8, 4) is 0 Å². The van der Waals surface area contributed by atoms with Gasteiger partial charge in [-0.25, -0.2) is 0 Å². The number of carbonyl (C=O) groups is 1. The van der Waals surface area contributed by atoms with Crippen LogP contribution in [0.3, 0.4) is 0 Å². The molecule has 1 amide bonds. The molecular weight excluding hydrogens is 194 g/mol. The summed E-state index contributed by atoms with van der Waals surface area (Å²) in [6.45, 7) is 4.23. The molecule has 0 aromatic carbocycles. The van der Waals surface area contributed by atoms with Gasteiger partial charge in [-0.1, -0.05) is 22.0 Å². The van der Waals surface area contributed by atoms with E-state index in [0.29, 0.717) is 13.0 Å². The maximum atomic E-state index is 10.8. The number of hydrogen-bond donors (Lipinski definition) is 1. The molecule has 3 heteroatoms. The van der Waals surface area contributed by atoms with E-state index in [-0.39, 0.29) is 5.91 Å². The predicted octanol–water partition coefficient (Wildman–Crippen LogP) is 1.46. The Labute approximate surface area is 69.8 Å². The first kappa shape index (κ1) is 9.69. The Morgan fingerprint density at radius 1 is 1.70 bits per heavy atom. The fourth-order valence-corrected chi connectivity index (χ4v) is 0.706. The summed E-state index contributed by atoms with van der Waals surface area (Å²) in [5.41, 5.74) is 0. The van der Waals surface area contributed by atoms with E-state index < -0.39 is 0 Å². The number of nitrogens with one attached hydrogen (secondary N) is 1. The number of allylic oxidation sites excluding steroid dienone is 1. The van der Waals surface area contributed by atoms with Crippen molar-refractivity contribution in [1.29, 1.82) is 0 Å². The van der Waals surface area contributed by atoms with Gasteiger partial charge in [0, 0.05) is 18.3 Å². The average Bonchev–Trinajstić information content (AvgIpc) is 1.97. The van der Waals surface area contributed by atoms with Gasteiger partial charge in [-0.05, 0) is 6.42 Å². The standard InChI is InChI=1S/C7H12BrNO/c1-2-3-4-7(10)9-6-5-8/h2H,1,3-6H2,(H,9,10). The minimum atomic E-state index is 0.0966. The summed E-state index contributed by atoms with van der Waals surface area (Å²) in [6.07, 6.45) is 3.05. The van der Waals surface area contributed by atoms with E-state index in [9.17, 15) is 4.79 Å². The monoisotopic (exact) mass is 205 g/mol. The quantitative estimate of drug-likeness (QED) is 0.535. The first-order chi connectivity index (χ1) is 4.81. The highest BCUT2D eigenvalue weighted by atomic mass is 79.9. The van der Waals surface area contributed by atoms with E-state index in [1.807, 2.05) is 0 Å². The molecule has 0 fully saturated rings. The Hall–Kier alpha value is -0.310. The smallest absolute Gasteiger partial charge is 0.220 e. The molecule has 10 heavy (non-hydrogen) atoms. The second-order valence-electron chi connectivity index (χ2n) is 1.87. The number of rotatable bonds is 5. The van der Waals surface area contributed by atoms with E-state index >= 15 is 0 Å². The van der Waals surface area contributed by atoms with Crippen LogP contribution in [-0.2, 0) is 4.79 Å². The zero-order valence-corrected chi connectivity index (χ0v) is 7.49. The predicted molar refractivity (Wildman–Crippen MR) is 46.2 cm³/mol. The van der Waals surface area contributed by atoms with E-state index in [1.54, 1.807) is 6.08 Å². The molecule has 0 aliphatic carbocycles. The van der Waals surface area contributed by atoms with E-state index in [1.165, 1.54) is 0 Å². The minimum Gasteiger partial charge on any atom is -0.355 e. The zero-order chi connectivity index (χ0) is 7.82. The minimum absolute atomic E-state index is 0.0966. The van der Waals surface area contributed by atoms with Gasteiger partial charge in [0.05, 0.1) is 0 Å². The Morgan fingerprint density at radius 2 is 2.40 bits per heavy atom. The largest absolute Gasteiger partial charge is 0.355 e. The van der Waals surface area contributed by atoms with Gasteiger partial charge in [0.15, 0.2) is 0 Å². The topological polar surface area (TPSA) is 29.1 Å². The lowest BCUT2D eigenvalue weighted by molar-refractivity contribution is -0.120. The Morgan fingerprint density at radius 3 is 2.90 bits per heavy atom. The molecule has 0 aliphatic rings. The SMILES string of the molecule is C=CCCC(=O)NCCBr. The van der Waals surface area contributed by atoms with E-state index in [0.717, 1.165) is 11.8 Å². The molecule has 0 aromatic heterocycles. The lowest BCUT2D eigenvalue weighted by Gasteiger charge is -1.99. The molecule has 58 valence electrons. The first-order valence-corrected chi connectivity index (χ1v) is 4.37. The van der Waals surface area contributed by atoms with Crippen LogP contribution in [-0.4, -0.2) is 17.8 Å². The lowest BCUT2D eigenvalue weighted by atomic mass is 10.3. The third-order valence-corrected chi connectivity index (χ3v) is 1.39. The van der Waals surface area contributed by atoms with Gasteiger partial charge in [-0.2, -0.15) is 0 Å². The van der Waals surface area contributed by atoms with Crippen LogP contribution in [0.4, 0.5) is 0 Å². The molecule has 0 heterocycles. The summed E-state index contributed by atoms with van der Waals surface area (Å²) in [5, 5.41) is 3.55. The van der Waals surface area contributed by atoms with Gasteiger partial charge in [0.2, 0.25) is 5.91 Å². The molecule has 0 aromatic rings. The Balaban J connectivity index is 3.16. The Bertz CT molecular complexity index is 114. The van der Waals surface area contributed by atoms with E-state index in [4.69, 9.17) is 0 Å². The summed E-state index contributed by atoms with van der Waals surface area (Å²) >= 11 is 3.21. The van der Waals surface area contributed by atoms with Crippen LogP contribution < -0.4 is 5.32 Å². The molecule has 0 atom stereocenters. The second kappa shape index (κ2) is 6.81. The van der Waals surface area contributed by atoms with Crippen molar-refractivity contribution in [3.05, 3.63) is 12.7 Å². The highest BCUT2D eigenvalue weighted by molar-refractivity contribution is 9.09. The Kier molecular flexibility index (Phi) is 6.59. The van der Waals surface area contributed by atoms with Gasteiger partial charge >= 0.3 is 0 Å². The molecule has 0 spiro atoms. The van der Waals surface area contributed by atoms with Gasteiger partial charge in [-0.15, -0.1) is 6.58 Å². The summed E-state index contributed by atoms with van der Waals surface area (Å²) in [7, 11) is 0. The van der Waals surface area contributed by atoms with Gasteiger partial charge < -0.3 is 5.32 Å². The molecule has 1 N–H and O–H groups in total. The summed E-state index contributed by atoms with van der Waals surface area (Å²) in [4.78, 5) is 10.8. The molecule has 0 radical (unpaired) electrons. The first-order valence-electron chi connectivity index (χ1n) is 3.24. The van der Waals surface area contributed by atoms with Crippen LogP contribution in [0.5, 0.6) is 0 Å². The van der Waals surface area contributed by atoms with Crippen LogP contribution in [0.25, 0.3) is 0 Å². The second-order valence-corrected chi connectivity index (χ2v) is 2.66. The average molecular weight is 206 g/mol. The number of halogens is 1. The summed E-state index contributed by atoms with van der Waals surface area (Å²) < 4.78 is 0. The number of alkyl halides is 1. The summed E-state index contributed by atoms with van der Waals surface area (Å²) in [6, 6.07) is 0. The van der Waals surface area contributed by atoms with Crippen LogP contribution in [0.2, 0.25) is 0 Å². The number of hydrogen-bond acceptors (Lipinski definition) is 1. The zero-order valence-electron chi connectivity index (χ0n) is 5.90. The highest BCUT2D eigenvalue weighted by Gasteiger charge is 1.95. The molecule has 0 rings (SSSR count). The van der Waals surface area contributed by atoms with Crippen molar-refractivity contribution < 1.29 is 4.79 Å². The number of carbonyl (C=O) groups excluding carboxylic acids is 1. The molecule has 0 aliphatic heterocycles. The normalized spacial score (nSPS) is 8.90. The molecule has 0 saturated heterocycles. The van der Waals surface area contributed by atoms with Crippen LogP contribution in [0, 0.1) is 0 Å². The fourth-order valence-electron chi connectivity index (χ4n) is 0.508. The molecule has 2 nitrogen and oxygen atoms in total. The van der Waals surface area contributed by atoms with Gasteiger partial charge in [0.1, 0.15) is 0 Å². The summed E-state index contributed by atoms with van der Waals surface area (Å²) in [5.74, 6) is 0.0966. The third-order valence-electron chi connectivity index (χ3n) is 0.992. The maximum absolute atomic E-state index is 10.8. The lowest BCUT2D eigenvalue weighted by Crippen LogP contribution is -2.24. The highest BCUT2D eigenvalue weighted by Crippen LogP contribution is 1.88. The van der Waals surface area contributed by atoms with Crippen molar-refractivity contribution >= 4 is 21.8 Å². The number of amides is 1. The molecule has 0 unspecified atom stereocenters.